The number of aromatic nitrogens is 3. The number of amides is 1. The molecular formula is C18H23N5O2. The van der Waals surface area contributed by atoms with Gasteiger partial charge in [0.2, 0.25) is 0 Å². The first kappa shape index (κ1) is 16.2. The summed E-state index contributed by atoms with van der Waals surface area (Å²) in [6, 6.07) is 6.12. The molecule has 2 aliphatic rings. The second-order valence-corrected chi connectivity index (χ2v) is 6.74. The highest BCUT2D eigenvalue weighted by atomic mass is 16.3. The molecule has 0 saturated carbocycles. The van der Waals surface area contributed by atoms with E-state index in [2.05, 4.69) is 15.0 Å². The smallest absolute Gasteiger partial charge is 0.255 e. The van der Waals surface area contributed by atoms with E-state index in [-0.39, 0.29) is 12.5 Å². The number of hydrogen-bond donors (Lipinski definition) is 1. The molecule has 0 aromatic carbocycles. The van der Waals surface area contributed by atoms with Crippen LogP contribution in [0.25, 0.3) is 0 Å². The van der Waals surface area contributed by atoms with Crippen LogP contribution in [0.1, 0.15) is 34.6 Å². The van der Waals surface area contributed by atoms with E-state index in [4.69, 9.17) is 0 Å². The van der Waals surface area contributed by atoms with Crippen molar-refractivity contribution < 1.29 is 9.90 Å². The maximum absolute atomic E-state index is 12.5. The first-order chi connectivity index (χ1) is 12.2. The summed E-state index contributed by atoms with van der Waals surface area (Å²) in [5.41, 5.74) is 2.58. The van der Waals surface area contributed by atoms with Crippen LogP contribution in [0, 0.1) is 0 Å². The van der Waals surface area contributed by atoms with Crippen molar-refractivity contribution >= 4 is 5.91 Å². The summed E-state index contributed by atoms with van der Waals surface area (Å²) in [6.45, 7) is 4.28. The Bertz CT molecular complexity index is 737. The number of fused-ring (bicyclic) bond motifs is 1. The number of nitrogens with zero attached hydrogens (tertiary/aromatic N) is 5. The highest BCUT2D eigenvalue weighted by Crippen LogP contribution is 2.23. The fourth-order valence-corrected chi connectivity index (χ4v) is 3.84. The Hall–Kier alpha value is -2.25. The highest BCUT2D eigenvalue weighted by Gasteiger charge is 2.29. The molecule has 0 atom stereocenters. The van der Waals surface area contributed by atoms with Gasteiger partial charge in [0.25, 0.3) is 5.91 Å². The van der Waals surface area contributed by atoms with Crippen LogP contribution < -0.4 is 0 Å². The Kier molecular flexibility index (Phi) is 4.50. The van der Waals surface area contributed by atoms with E-state index in [1.165, 1.54) is 5.69 Å². The number of hydrogen-bond acceptors (Lipinski definition) is 5. The Labute approximate surface area is 146 Å². The van der Waals surface area contributed by atoms with Crippen molar-refractivity contribution in [1.82, 2.24) is 24.6 Å². The van der Waals surface area contributed by atoms with Gasteiger partial charge in [0.1, 0.15) is 0 Å². The number of carbonyl (C=O) groups is 1. The van der Waals surface area contributed by atoms with Gasteiger partial charge >= 0.3 is 0 Å². The monoisotopic (exact) mass is 341 g/mol. The molecule has 7 nitrogen and oxygen atoms in total. The maximum atomic E-state index is 12.5. The molecule has 1 amide bonds. The molecule has 2 aliphatic heterocycles. The van der Waals surface area contributed by atoms with E-state index in [1.54, 1.807) is 18.5 Å². The molecule has 0 radical (unpaired) electrons. The van der Waals surface area contributed by atoms with Gasteiger partial charge in [0.15, 0.2) is 0 Å². The molecule has 0 bridgehead atoms. The zero-order valence-electron chi connectivity index (χ0n) is 14.2. The summed E-state index contributed by atoms with van der Waals surface area (Å²) >= 11 is 0. The van der Waals surface area contributed by atoms with Crippen molar-refractivity contribution in [3.05, 3.63) is 47.5 Å². The molecule has 1 saturated heterocycles. The minimum Gasteiger partial charge on any atom is -0.390 e. The molecule has 1 N–H and O–H groups in total. The van der Waals surface area contributed by atoms with Crippen molar-refractivity contribution in [1.29, 1.82) is 0 Å². The second kappa shape index (κ2) is 6.93. The second-order valence-electron chi connectivity index (χ2n) is 6.74. The van der Waals surface area contributed by atoms with E-state index in [1.807, 2.05) is 21.7 Å². The summed E-state index contributed by atoms with van der Waals surface area (Å²) in [5, 5.41) is 13.6. The van der Waals surface area contributed by atoms with Crippen molar-refractivity contribution in [3.63, 3.8) is 0 Å². The van der Waals surface area contributed by atoms with E-state index < -0.39 is 0 Å². The van der Waals surface area contributed by atoms with Crippen LogP contribution in [-0.4, -0.2) is 61.3 Å². The Morgan fingerprint density at radius 3 is 2.80 bits per heavy atom. The molecule has 0 aliphatic carbocycles. The predicted molar refractivity (Wildman–Crippen MR) is 91.7 cm³/mol. The van der Waals surface area contributed by atoms with Gasteiger partial charge in [-0.2, -0.15) is 5.10 Å². The minimum atomic E-state index is -0.00512. The third-order valence-electron chi connectivity index (χ3n) is 5.22. The molecule has 4 rings (SSSR count). The average Bonchev–Trinajstić information content (AvgIpc) is 3.10. The zero-order valence-corrected chi connectivity index (χ0v) is 14.2. The number of rotatable bonds is 3. The highest BCUT2D eigenvalue weighted by molar-refractivity contribution is 5.93. The topological polar surface area (TPSA) is 74.5 Å². The van der Waals surface area contributed by atoms with Gasteiger partial charge in [-0.1, -0.05) is 0 Å². The summed E-state index contributed by atoms with van der Waals surface area (Å²) in [4.78, 5) is 21.0. The number of aliphatic hydroxyl groups excluding tert-OH is 1. The molecule has 2 aromatic heterocycles. The summed E-state index contributed by atoms with van der Waals surface area (Å²) in [7, 11) is 0. The normalized spacial score (nSPS) is 19.0. The third kappa shape index (κ3) is 3.29. The maximum Gasteiger partial charge on any atom is 0.255 e. The first-order valence-corrected chi connectivity index (χ1v) is 8.84. The number of aliphatic hydroxyl groups is 1. The summed E-state index contributed by atoms with van der Waals surface area (Å²) in [6.07, 6.45) is 5.31. The lowest BCUT2D eigenvalue weighted by molar-refractivity contribution is 0.0569. The molecular weight excluding hydrogens is 318 g/mol. The third-order valence-corrected chi connectivity index (χ3v) is 5.22. The lowest BCUT2D eigenvalue weighted by Crippen LogP contribution is -2.48. The largest absolute Gasteiger partial charge is 0.390 e. The van der Waals surface area contributed by atoms with Gasteiger partial charge in [0, 0.05) is 44.6 Å². The van der Waals surface area contributed by atoms with Crippen LogP contribution in [0.3, 0.4) is 0 Å². The van der Waals surface area contributed by atoms with Gasteiger partial charge in [-0.3, -0.25) is 19.4 Å². The molecule has 2 aromatic rings. The molecule has 132 valence electrons. The van der Waals surface area contributed by atoms with Crippen molar-refractivity contribution in [2.45, 2.75) is 38.6 Å². The van der Waals surface area contributed by atoms with Crippen molar-refractivity contribution in [3.8, 4) is 0 Å². The van der Waals surface area contributed by atoms with Crippen LogP contribution in [0.5, 0.6) is 0 Å². The predicted octanol–water partition coefficient (Wildman–Crippen LogP) is 0.891. The molecule has 7 heteroatoms. The van der Waals surface area contributed by atoms with Gasteiger partial charge in [-0.25, -0.2) is 0 Å². The zero-order chi connectivity index (χ0) is 17.2. The van der Waals surface area contributed by atoms with Crippen LogP contribution >= 0.6 is 0 Å². The number of likely N-dealkylation sites (tertiary alicyclic amines) is 1. The average molecular weight is 341 g/mol. The van der Waals surface area contributed by atoms with E-state index in [9.17, 15) is 9.90 Å². The summed E-state index contributed by atoms with van der Waals surface area (Å²) in [5.74, 6) is 0.0795. The standard InChI is InChI=1S/C18H23N5O2/c24-13-15-10-17-12-22(8-9-23(17)20-15)16-3-6-21(7-4-16)18(25)14-2-1-5-19-11-14/h1-2,5,10-11,16,24H,3-4,6-9,12-13H2. The Morgan fingerprint density at radius 1 is 1.24 bits per heavy atom. The fourth-order valence-electron chi connectivity index (χ4n) is 3.84. The quantitative estimate of drug-likeness (QED) is 0.897. The first-order valence-electron chi connectivity index (χ1n) is 8.84. The Morgan fingerprint density at radius 2 is 2.08 bits per heavy atom. The molecule has 1 fully saturated rings. The van der Waals surface area contributed by atoms with E-state index in [0.29, 0.717) is 11.6 Å². The van der Waals surface area contributed by atoms with Crippen LogP contribution in [0.4, 0.5) is 0 Å². The van der Waals surface area contributed by atoms with Crippen LogP contribution in [-0.2, 0) is 19.7 Å². The van der Waals surface area contributed by atoms with Crippen LogP contribution in [0.15, 0.2) is 30.6 Å². The Balaban J connectivity index is 1.35. The SMILES string of the molecule is O=C(c1cccnc1)N1CCC(N2CCn3nc(CO)cc3C2)CC1. The lowest BCUT2D eigenvalue weighted by atomic mass is 10.0. The van der Waals surface area contributed by atoms with Crippen LogP contribution in [0.2, 0.25) is 0 Å². The molecule has 0 spiro atoms. The number of carbonyl (C=O) groups excluding carboxylic acids is 1. The molecule has 4 heterocycles. The molecule has 0 unspecified atom stereocenters. The number of pyridine rings is 1. The summed E-state index contributed by atoms with van der Waals surface area (Å²) < 4.78 is 2.00. The van der Waals surface area contributed by atoms with E-state index >= 15 is 0 Å². The fraction of sp³-hybridized carbons (Fsp3) is 0.500. The van der Waals surface area contributed by atoms with Gasteiger partial charge in [-0.05, 0) is 31.0 Å². The number of piperidine rings is 1. The van der Waals surface area contributed by atoms with E-state index in [0.717, 1.165) is 51.3 Å². The lowest BCUT2D eigenvalue weighted by Gasteiger charge is -2.40. The van der Waals surface area contributed by atoms with Crippen molar-refractivity contribution in [2.75, 3.05) is 19.6 Å². The molecule has 25 heavy (non-hydrogen) atoms. The van der Waals surface area contributed by atoms with Gasteiger partial charge < -0.3 is 10.0 Å². The van der Waals surface area contributed by atoms with Gasteiger partial charge in [-0.15, -0.1) is 0 Å². The van der Waals surface area contributed by atoms with Crippen molar-refractivity contribution in [2.24, 2.45) is 0 Å². The van der Waals surface area contributed by atoms with Gasteiger partial charge in [0.05, 0.1) is 30.1 Å². The minimum absolute atomic E-state index is 0.00512.